The number of aliphatic hydroxyl groups is 1. The lowest BCUT2D eigenvalue weighted by Crippen LogP contribution is -2.04. The minimum Gasteiger partial charge on any atom is -0.471 e. The first kappa shape index (κ1) is 18.7. The number of nitrogens with zero attached hydrogens (tertiary/aromatic N) is 6. The summed E-state index contributed by atoms with van der Waals surface area (Å²) in [4.78, 5) is 0. The molecular weight excluding hydrogens is 396 g/mol. The van der Waals surface area contributed by atoms with Gasteiger partial charge < -0.3 is 14.4 Å². The molecule has 1 N–H and O–H groups in total. The van der Waals surface area contributed by atoms with Crippen molar-refractivity contribution in [2.24, 2.45) is 0 Å². The molecule has 152 valence electrons. The largest absolute Gasteiger partial charge is 0.471 e. The predicted molar refractivity (Wildman–Crippen MR) is 110 cm³/mol. The number of fused-ring (bicyclic) bond motifs is 3. The predicted octanol–water partition coefficient (Wildman–Crippen LogP) is 3.18. The van der Waals surface area contributed by atoms with Crippen LogP contribution >= 0.6 is 0 Å². The van der Waals surface area contributed by atoms with Crippen molar-refractivity contribution in [1.82, 2.24) is 25.0 Å². The average molecular weight is 412 g/mol. The minimum atomic E-state index is -0.272. The zero-order valence-corrected chi connectivity index (χ0v) is 16.5. The Morgan fingerprint density at radius 3 is 2.74 bits per heavy atom. The van der Waals surface area contributed by atoms with E-state index in [0.717, 1.165) is 21.9 Å². The zero-order chi connectivity index (χ0) is 21.4. The van der Waals surface area contributed by atoms with E-state index in [4.69, 9.17) is 9.26 Å². The molecule has 0 atom stereocenters. The lowest BCUT2D eigenvalue weighted by atomic mass is 10.1. The standard InChI is InChI=1S/C22H16N6O3/c1-13-6-7-14(15(8-13)10-23)12-30-22-18-5-3-2-4-17(18)20-24-25-21(28(20)26-22)19-9-16(11-29)31-27-19/h2-9,29H,11-12H2,1H3. The molecule has 5 rings (SSSR count). The number of hydrogen-bond acceptors (Lipinski definition) is 8. The van der Waals surface area contributed by atoms with Crippen molar-refractivity contribution >= 4 is 16.4 Å². The Kier molecular flexibility index (Phi) is 4.54. The fourth-order valence-corrected chi connectivity index (χ4v) is 3.38. The highest BCUT2D eigenvalue weighted by Crippen LogP contribution is 2.29. The summed E-state index contributed by atoms with van der Waals surface area (Å²) in [6.07, 6.45) is 0. The monoisotopic (exact) mass is 412 g/mol. The second-order valence-corrected chi connectivity index (χ2v) is 7.01. The van der Waals surface area contributed by atoms with Crippen LogP contribution in [0.25, 0.3) is 27.9 Å². The van der Waals surface area contributed by atoms with E-state index in [0.29, 0.717) is 34.4 Å². The van der Waals surface area contributed by atoms with Crippen LogP contribution in [-0.2, 0) is 13.2 Å². The van der Waals surface area contributed by atoms with E-state index in [-0.39, 0.29) is 13.2 Å². The lowest BCUT2D eigenvalue weighted by molar-refractivity contribution is 0.229. The molecule has 2 aromatic carbocycles. The molecule has 9 heteroatoms. The van der Waals surface area contributed by atoms with Gasteiger partial charge in [-0.25, -0.2) is 0 Å². The van der Waals surface area contributed by atoms with Crippen molar-refractivity contribution in [3.63, 3.8) is 0 Å². The third-order valence-electron chi connectivity index (χ3n) is 4.92. The van der Waals surface area contributed by atoms with E-state index < -0.39 is 0 Å². The fraction of sp³-hybridized carbons (Fsp3) is 0.136. The molecule has 9 nitrogen and oxygen atoms in total. The summed E-state index contributed by atoms with van der Waals surface area (Å²) in [5.74, 6) is 1.05. The summed E-state index contributed by atoms with van der Waals surface area (Å²) in [5, 5.41) is 37.3. The first-order valence-corrected chi connectivity index (χ1v) is 9.51. The van der Waals surface area contributed by atoms with Crippen LogP contribution in [0.5, 0.6) is 5.88 Å². The van der Waals surface area contributed by atoms with Gasteiger partial charge in [-0.3, -0.25) is 0 Å². The maximum absolute atomic E-state index is 9.43. The lowest BCUT2D eigenvalue weighted by Gasteiger charge is -2.11. The van der Waals surface area contributed by atoms with Crippen molar-refractivity contribution in [2.75, 3.05) is 0 Å². The van der Waals surface area contributed by atoms with Crippen LogP contribution in [0, 0.1) is 18.3 Å². The molecular formula is C22H16N6O3. The Morgan fingerprint density at radius 1 is 1.13 bits per heavy atom. The highest BCUT2D eigenvalue weighted by Gasteiger charge is 2.19. The summed E-state index contributed by atoms with van der Waals surface area (Å²) in [6, 6.07) is 17.0. The molecule has 0 spiro atoms. The normalized spacial score (nSPS) is 11.1. The number of aromatic nitrogens is 5. The van der Waals surface area contributed by atoms with Crippen molar-refractivity contribution in [3.05, 3.63) is 71.0 Å². The Morgan fingerprint density at radius 2 is 1.97 bits per heavy atom. The second-order valence-electron chi connectivity index (χ2n) is 7.01. The topological polar surface area (TPSA) is 122 Å². The van der Waals surface area contributed by atoms with Crippen LogP contribution in [0.3, 0.4) is 0 Å². The molecule has 3 heterocycles. The van der Waals surface area contributed by atoms with E-state index in [1.165, 1.54) is 4.52 Å². The van der Waals surface area contributed by atoms with Crippen LogP contribution < -0.4 is 4.74 Å². The summed E-state index contributed by atoms with van der Waals surface area (Å²) < 4.78 is 12.7. The van der Waals surface area contributed by atoms with E-state index in [2.05, 4.69) is 26.5 Å². The van der Waals surface area contributed by atoms with Crippen LogP contribution in [-0.4, -0.2) is 30.1 Å². The summed E-state index contributed by atoms with van der Waals surface area (Å²) in [6.45, 7) is 1.85. The van der Waals surface area contributed by atoms with Crippen LogP contribution in [0.15, 0.2) is 53.1 Å². The summed E-state index contributed by atoms with van der Waals surface area (Å²) >= 11 is 0. The number of nitriles is 1. The van der Waals surface area contributed by atoms with Gasteiger partial charge in [0, 0.05) is 22.4 Å². The van der Waals surface area contributed by atoms with Gasteiger partial charge in [-0.15, -0.1) is 15.3 Å². The third-order valence-corrected chi connectivity index (χ3v) is 4.92. The first-order chi connectivity index (χ1) is 15.2. The van der Waals surface area contributed by atoms with Crippen molar-refractivity contribution in [2.45, 2.75) is 20.1 Å². The Bertz CT molecular complexity index is 1460. The highest BCUT2D eigenvalue weighted by molar-refractivity contribution is 5.96. The van der Waals surface area contributed by atoms with Gasteiger partial charge in [-0.2, -0.15) is 9.78 Å². The van der Waals surface area contributed by atoms with Gasteiger partial charge in [0.05, 0.1) is 11.6 Å². The van der Waals surface area contributed by atoms with E-state index in [9.17, 15) is 10.4 Å². The van der Waals surface area contributed by atoms with Gasteiger partial charge in [-0.05, 0) is 24.6 Å². The molecule has 0 aliphatic heterocycles. The second kappa shape index (κ2) is 7.51. The van der Waals surface area contributed by atoms with Gasteiger partial charge in [-0.1, -0.05) is 35.5 Å². The number of aryl methyl sites for hydroxylation is 1. The smallest absolute Gasteiger partial charge is 0.240 e. The molecule has 0 fully saturated rings. The first-order valence-electron chi connectivity index (χ1n) is 9.51. The molecule has 0 saturated heterocycles. The van der Waals surface area contributed by atoms with Crippen LogP contribution in [0.1, 0.15) is 22.5 Å². The molecule has 3 aromatic heterocycles. The molecule has 0 saturated carbocycles. The van der Waals surface area contributed by atoms with Crippen molar-refractivity contribution in [3.8, 4) is 23.5 Å². The molecule has 0 aliphatic carbocycles. The molecule has 0 aliphatic rings. The Hall–Kier alpha value is -4.29. The van der Waals surface area contributed by atoms with Gasteiger partial charge in [0.1, 0.15) is 13.2 Å². The molecule has 0 radical (unpaired) electrons. The van der Waals surface area contributed by atoms with Gasteiger partial charge in [0.25, 0.3) is 0 Å². The quantitative estimate of drug-likeness (QED) is 0.467. The van der Waals surface area contributed by atoms with Gasteiger partial charge in [0.2, 0.25) is 11.7 Å². The molecule has 5 aromatic rings. The maximum atomic E-state index is 9.43. The SMILES string of the molecule is Cc1ccc(COc2nn3c(-c4cc(CO)on4)nnc3c3ccccc23)c(C#N)c1. The number of hydrogen-bond donors (Lipinski definition) is 1. The van der Waals surface area contributed by atoms with E-state index in [1.807, 2.05) is 49.4 Å². The number of benzene rings is 2. The van der Waals surface area contributed by atoms with Gasteiger partial charge >= 0.3 is 0 Å². The molecule has 0 amide bonds. The number of ether oxygens (including phenoxy) is 1. The van der Waals surface area contributed by atoms with Crippen LogP contribution in [0.4, 0.5) is 0 Å². The summed E-state index contributed by atoms with van der Waals surface area (Å²) in [7, 11) is 0. The molecule has 31 heavy (non-hydrogen) atoms. The van der Waals surface area contributed by atoms with E-state index >= 15 is 0 Å². The summed E-state index contributed by atoms with van der Waals surface area (Å²) in [5.41, 5.74) is 3.28. The Labute approximate surface area is 176 Å². The van der Waals surface area contributed by atoms with Crippen molar-refractivity contribution < 1.29 is 14.4 Å². The number of aliphatic hydroxyl groups excluding tert-OH is 1. The minimum absolute atomic E-state index is 0.182. The molecule has 0 unspecified atom stereocenters. The van der Waals surface area contributed by atoms with Crippen LogP contribution in [0.2, 0.25) is 0 Å². The maximum Gasteiger partial charge on any atom is 0.240 e. The van der Waals surface area contributed by atoms with E-state index in [1.54, 1.807) is 6.07 Å². The van der Waals surface area contributed by atoms with Gasteiger partial charge in [0.15, 0.2) is 17.1 Å². The highest BCUT2D eigenvalue weighted by atomic mass is 16.5. The third kappa shape index (κ3) is 3.25. The Balaban J connectivity index is 1.61. The number of rotatable bonds is 5. The van der Waals surface area contributed by atoms with Crippen molar-refractivity contribution in [1.29, 1.82) is 5.26 Å². The zero-order valence-electron chi connectivity index (χ0n) is 16.5. The average Bonchev–Trinajstić information content (AvgIpc) is 3.44. The fourth-order valence-electron chi connectivity index (χ4n) is 3.38. The molecule has 0 bridgehead atoms.